The number of hydrogen-bond acceptors (Lipinski definition) is 2. The van der Waals surface area contributed by atoms with Crippen LogP contribution in [0.5, 0.6) is 0 Å². The van der Waals surface area contributed by atoms with Crippen molar-refractivity contribution in [2.45, 2.75) is 84.2 Å². The van der Waals surface area contributed by atoms with Gasteiger partial charge in [0.15, 0.2) is 0 Å². The molecule has 0 aliphatic heterocycles. The number of carbonyl (C=O) groups excluding carboxylic acids is 1. The van der Waals surface area contributed by atoms with E-state index in [-0.39, 0.29) is 12.1 Å². The molecular formula is C24H34O2. The van der Waals surface area contributed by atoms with E-state index in [0.717, 1.165) is 31.1 Å². The van der Waals surface area contributed by atoms with Crippen molar-refractivity contribution in [2.24, 2.45) is 11.8 Å². The Morgan fingerprint density at radius 3 is 2.42 bits per heavy atom. The molecule has 142 valence electrons. The summed E-state index contributed by atoms with van der Waals surface area (Å²) in [4.78, 5) is 12.5. The van der Waals surface area contributed by atoms with E-state index in [2.05, 4.69) is 32.1 Å². The SMILES string of the molecule is CCCC[C@H]1CC[C@H](OC(=O)c2ccc(C3=CCC(C)CC3)cc2)CC1. The lowest BCUT2D eigenvalue weighted by Gasteiger charge is -2.28. The number of allylic oxidation sites excluding steroid dienone is 2. The maximum atomic E-state index is 12.5. The van der Waals surface area contributed by atoms with E-state index in [1.807, 2.05) is 12.1 Å². The van der Waals surface area contributed by atoms with Crippen molar-refractivity contribution in [3.63, 3.8) is 0 Å². The summed E-state index contributed by atoms with van der Waals surface area (Å²) in [7, 11) is 0. The molecule has 0 amide bonds. The number of esters is 1. The predicted molar refractivity (Wildman–Crippen MR) is 108 cm³/mol. The molecule has 1 unspecified atom stereocenters. The summed E-state index contributed by atoms with van der Waals surface area (Å²) >= 11 is 0. The number of ether oxygens (including phenoxy) is 1. The minimum absolute atomic E-state index is 0.114. The fourth-order valence-corrected chi connectivity index (χ4v) is 4.30. The van der Waals surface area contributed by atoms with Crippen LogP contribution in [0.2, 0.25) is 0 Å². The zero-order valence-electron chi connectivity index (χ0n) is 16.5. The van der Waals surface area contributed by atoms with Gasteiger partial charge in [-0.3, -0.25) is 0 Å². The van der Waals surface area contributed by atoms with Gasteiger partial charge in [0, 0.05) is 0 Å². The van der Waals surface area contributed by atoms with E-state index in [0.29, 0.717) is 5.56 Å². The topological polar surface area (TPSA) is 26.3 Å². The second kappa shape index (κ2) is 9.39. The van der Waals surface area contributed by atoms with E-state index >= 15 is 0 Å². The Balaban J connectivity index is 1.49. The normalized spacial score (nSPS) is 26.2. The van der Waals surface area contributed by atoms with E-state index in [1.165, 1.54) is 56.1 Å². The Kier molecular flexibility index (Phi) is 6.93. The molecule has 1 aromatic carbocycles. The minimum atomic E-state index is -0.153. The van der Waals surface area contributed by atoms with Crippen LogP contribution in [-0.4, -0.2) is 12.1 Å². The molecule has 0 radical (unpaired) electrons. The largest absolute Gasteiger partial charge is 0.459 e. The van der Waals surface area contributed by atoms with Crippen LogP contribution in [0.3, 0.4) is 0 Å². The fourth-order valence-electron chi connectivity index (χ4n) is 4.30. The maximum Gasteiger partial charge on any atom is 0.338 e. The maximum absolute atomic E-state index is 12.5. The van der Waals surface area contributed by atoms with E-state index in [1.54, 1.807) is 0 Å². The molecule has 0 spiro atoms. The molecule has 1 saturated carbocycles. The molecule has 2 aliphatic carbocycles. The second-order valence-corrected chi connectivity index (χ2v) is 8.38. The van der Waals surface area contributed by atoms with Crippen LogP contribution in [-0.2, 0) is 4.74 Å². The Bertz CT molecular complexity index is 606. The van der Waals surface area contributed by atoms with Crippen molar-refractivity contribution in [3.8, 4) is 0 Å². The highest BCUT2D eigenvalue weighted by molar-refractivity contribution is 5.90. The van der Waals surface area contributed by atoms with Gasteiger partial charge in [-0.15, -0.1) is 0 Å². The molecule has 0 bridgehead atoms. The van der Waals surface area contributed by atoms with Crippen molar-refractivity contribution < 1.29 is 9.53 Å². The van der Waals surface area contributed by atoms with Crippen molar-refractivity contribution >= 4 is 11.5 Å². The van der Waals surface area contributed by atoms with Gasteiger partial charge < -0.3 is 4.74 Å². The van der Waals surface area contributed by atoms with Gasteiger partial charge in [0.2, 0.25) is 0 Å². The minimum Gasteiger partial charge on any atom is -0.459 e. The number of hydrogen-bond donors (Lipinski definition) is 0. The molecular weight excluding hydrogens is 320 g/mol. The third kappa shape index (κ3) is 5.22. The third-order valence-corrected chi connectivity index (χ3v) is 6.20. The van der Waals surface area contributed by atoms with Gasteiger partial charge in [-0.05, 0) is 80.1 Å². The van der Waals surface area contributed by atoms with Gasteiger partial charge >= 0.3 is 5.97 Å². The van der Waals surface area contributed by atoms with Gasteiger partial charge in [-0.1, -0.05) is 51.3 Å². The van der Waals surface area contributed by atoms with Gasteiger partial charge in [0.25, 0.3) is 0 Å². The Morgan fingerprint density at radius 1 is 1.08 bits per heavy atom. The molecule has 2 heteroatoms. The molecule has 1 atom stereocenters. The lowest BCUT2D eigenvalue weighted by Crippen LogP contribution is -2.24. The summed E-state index contributed by atoms with van der Waals surface area (Å²) in [6.07, 6.45) is 14.5. The molecule has 0 aromatic heterocycles. The first-order chi connectivity index (χ1) is 12.7. The first-order valence-corrected chi connectivity index (χ1v) is 10.7. The van der Waals surface area contributed by atoms with E-state index in [4.69, 9.17) is 4.74 Å². The van der Waals surface area contributed by atoms with Gasteiger partial charge in [-0.2, -0.15) is 0 Å². The van der Waals surface area contributed by atoms with Crippen LogP contribution in [0.25, 0.3) is 5.57 Å². The summed E-state index contributed by atoms with van der Waals surface area (Å²) in [6, 6.07) is 8.03. The number of carbonyl (C=O) groups is 1. The molecule has 0 N–H and O–H groups in total. The summed E-state index contributed by atoms with van der Waals surface area (Å²) in [5.74, 6) is 1.49. The lowest BCUT2D eigenvalue weighted by molar-refractivity contribution is 0.0161. The molecule has 3 rings (SSSR count). The Labute approximate surface area is 159 Å². The third-order valence-electron chi connectivity index (χ3n) is 6.20. The standard InChI is InChI=1S/C24H34O2/c1-3-4-5-19-8-16-23(17-9-19)26-24(25)22-14-12-21(13-15-22)20-10-6-18(2)7-11-20/h10,12-15,18-19,23H,3-9,11,16-17H2,1-2H3/t18?,19-,23-. The number of benzene rings is 1. The molecule has 26 heavy (non-hydrogen) atoms. The fraction of sp³-hybridized carbons (Fsp3) is 0.625. The summed E-state index contributed by atoms with van der Waals surface area (Å²) in [5.41, 5.74) is 3.37. The van der Waals surface area contributed by atoms with Gasteiger partial charge in [0.1, 0.15) is 6.10 Å². The first-order valence-electron chi connectivity index (χ1n) is 10.7. The molecule has 0 saturated heterocycles. The highest BCUT2D eigenvalue weighted by atomic mass is 16.5. The lowest BCUT2D eigenvalue weighted by atomic mass is 9.84. The van der Waals surface area contributed by atoms with E-state index in [9.17, 15) is 4.79 Å². The molecule has 1 fully saturated rings. The molecule has 0 heterocycles. The van der Waals surface area contributed by atoms with Crippen molar-refractivity contribution in [2.75, 3.05) is 0 Å². The summed E-state index contributed by atoms with van der Waals surface area (Å²) in [6.45, 7) is 4.56. The highest BCUT2D eigenvalue weighted by Crippen LogP contribution is 2.31. The van der Waals surface area contributed by atoms with Crippen molar-refractivity contribution in [3.05, 3.63) is 41.5 Å². The quantitative estimate of drug-likeness (QED) is 0.525. The number of unbranched alkanes of at least 4 members (excludes halogenated alkanes) is 1. The Hall–Kier alpha value is -1.57. The average Bonchev–Trinajstić information content (AvgIpc) is 2.68. The van der Waals surface area contributed by atoms with Gasteiger partial charge in [-0.25, -0.2) is 4.79 Å². The van der Waals surface area contributed by atoms with Crippen LogP contribution in [0, 0.1) is 11.8 Å². The van der Waals surface area contributed by atoms with Gasteiger partial charge in [0.05, 0.1) is 5.56 Å². The van der Waals surface area contributed by atoms with Crippen LogP contribution in [0.15, 0.2) is 30.3 Å². The van der Waals surface area contributed by atoms with Crippen LogP contribution in [0.4, 0.5) is 0 Å². The Morgan fingerprint density at radius 2 is 1.81 bits per heavy atom. The first kappa shape index (κ1) is 19.2. The zero-order valence-corrected chi connectivity index (χ0v) is 16.5. The van der Waals surface area contributed by atoms with Crippen molar-refractivity contribution in [1.82, 2.24) is 0 Å². The average molecular weight is 355 g/mol. The van der Waals surface area contributed by atoms with Crippen LogP contribution < -0.4 is 0 Å². The summed E-state index contributed by atoms with van der Waals surface area (Å²) < 4.78 is 5.78. The van der Waals surface area contributed by atoms with E-state index < -0.39 is 0 Å². The zero-order chi connectivity index (χ0) is 18.4. The smallest absolute Gasteiger partial charge is 0.338 e. The number of rotatable bonds is 6. The monoisotopic (exact) mass is 354 g/mol. The highest BCUT2D eigenvalue weighted by Gasteiger charge is 2.24. The molecule has 2 nitrogen and oxygen atoms in total. The second-order valence-electron chi connectivity index (χ2n) is 8.38. The van der Waals surface area contributed by atoms with Crippen molar-refractivity contribution in [1.29, 1.82) is 0 Å². The predicted octanol–water partition coefficient (Wildman–Crippen LogP) is 6.80. The molecule has 1 aromatic rings. The van der Waals surface area contributed by atoms with Crippen LogP contribution >= 0.6 is 0 Å². The van der Waals surface area contributed by atoms with Crippen LogP contribution in [0.1, 0.15) is 94.0 Å². The summed E-state index contributed by atoms with van der Waals surface area (Å²) in [5, 5.41) is 0. The molecule has 2 aliphatic rings.